The lowest BCUT2D eigenvalue weighted by Gasteiger charge is -2.17. The van der Waals surface area contributed by atoms with Crippen molar-refractivity contribution in [2.75, 3.05) is 13.6 Å². The highest BCUT2D eigenvalue weighted by Gasteiger charge is 2.18. The summed E-state index contributed by atoms with van der Waals surface area (Å²) in [5.41, 5.74) is 0.490. The van der Waals surface area contributed by atoms with E-state index in [2.05, 4.69) is 5.32 Å². The van der Waals surface area contributed by atoms with Crippen LogP contribution in [-0.4, -0.2) is 18.2 Å². The van der Waals surface area contributed by atoms with Crippen LogP contribution in [0.3, 0.4) is 0 Å². The van der Waals surface area contributed by atoms with Gasteiger partial charge in [0.15, 0.2) is 0 Å². The van der Waals surface area contributed by atoms with E-state index in [1.807, 2.05) is 0 Å². The number of fused-ring (bicyclic) bond motifs is 3. The van der Waals surface area contributed by atoms with Gasteiger partial charge in [-0.05, 0) is 50.8 Å². The average molecular weight is 237 g/mol. The smallest absolute Gasteiger partial charge is 0.0645 e. The first-order valence-corrected chi connectivity index (χ1v) is 5.54. The minimum atomic E-state index is -1.27. The van der Waals surface area contributed by atoms with E-state index in [1.54, 1.807) is 7.05 Å². The molecule has 2 aromatic rings. The van der Waals surface area contributed by atoms with Crippen molar-refractivity contribution in [3.05, 3.63) is 35.4 Å². The average Bonchev–Trinajstić information content (AvgIpc) is 2.97. The highest BCUT2D eigenvalue weighted by Crippen LogP contribution is 2.30. The number of aromatic nitrogens is 1. The fourth-order valence-corrected chi connectivity index (χ4v) is 2.08. The van der Waals surface area contributed by atoms with Crippen LogP contribution in [0.4, 0.5) is 0 Å². The topological polar surface area (TPSA) is 17.0 Å². The summed E-state index contributed by atoms with van der Waals surface area (Å²) in [7, 11) is 1.65. The Kier molecular flexibility index (Phi) is 1.27. The molecule has 90 valence electrons. The summed E-state index contributed by atoms with van der Waals surface area (Å²) in [6, 6.07) is -1.54. The monoisotopic (exact) mass is 237 g/mol. The normalized spacial score (nSPS) is 41.8. The minimum Gasteiger partial charge on any atom is -0.344 e. The van der Waals surface area contributed by atoms with E-state index in [9.17, 15) is 0 Å². The Bertz CT molecular complexity index is 865. The second-order valence-corrected chi connectivity index (χ2v) is 3.85. The van der Waals surface area contributed by atoms with Crippen LogP contribution >= 0.6 is 0 Å². The molecule has 0 radical (unpaired) electrons. The predicted molar refractivity (Wildman–Crippen MR) is 72.5 cm³/mol. The zero-order chi connectivity index (χ0) is 19.5. The third-order valence-electron chi connectivity index (χ3n) is 2.82. The second-order valence-electron chi connectivity index (χ2n) is 3.85. The number of benzene rings is 1. The number of para-hydroxylation sites is 1. The van der Waals surface area contributed by atoms with E-state index in [1.165, 1.54) is 4.57 Å². The molecule has 0 saturated heterocycles. The van der Waals surface area contributed by atoms with Crippen molar-refractivity contribution in [2.45, 2.75) is 32.1 Å². The van der Waals surface area contributed by atoms with Crippen LogP contribution in [0.2, 0.25) is 0 Å². The molecule has 5 atom stereocenters. The lowest BCUT2D eigenvalue weighted by molar-refractivity contribution is 0.540. The van der Waals surface area contributed by atoms with Gasteiger partial charge < -0.3 is 9.88 Å². The van der Waals surface area contributed by atoms with Crippen molar-refractivity contribution in [3.8, 4) is 0 Å². The van der Waals surface area contributed by atoms with Gasteiger partial charge in [-0.25, -0.2) is 0 Å². The lowest BCUT2D eigenvalue weighted by Crippen LogP contribution is -2.14. The molecule has 2 heteroatoms. The quantitative estimate of drug-likeness (QED) is 0.868. The SMILES string of the molecule is [2H]c1c([2H])c([2H])c2c(c1[2H])c(C([2H])CNC)c1n2C([2H])C([2H])C([2H])C1[2H]. The van der Waals surface area contributed by atoms with Gasteiger partial charge in [-0.15, -0.1) is 0 Å². The van der Waals surface area contributed by atoms with E-state index in [0.29, 0.717) is 0 Å². The fraction of sp³-hybridized carbons (Fsp3) is 0.467. The molecule has 3 rings (SSSR count). The zero-order valence-electron chi connectivity index (χ0n) is 18.5. The van der Waals surface area contributed by atoms with Crippen LogP contribution in [-0.2, 0) is 19.3 Å². The predicted octanol–water partition coefficient (Wildman–Crippen LogP) is 2.74. The van der Waals surface area contributed by atoms with Gasteiger partial charge in [0.25, 0.3) is 0 Å². The van der Waals surface area contributed by atoms with Crippen molar-refractivity contribution in [1.82, 2.24) is 9.88 Å². The Labute approximate surface area is 115 Å². The molecule has 0 amide bonds. The first-order chi connectivity index (χ1) is 12.1. The maximum Gasteiger partial charge on any atom is 0.0645 e. The van der Waals surface area contributed by atoms with E-state index < -0.39 is 44.2 Å². The highest BCUT2D eigenvalue weighted by molar-refractivity contribution is 5.85. The van der Waals surface area contributed by atoms with Gasteiger partial charge in [0.2, 0.25) is 0 Å². The van der Waals surface area contributed by atoms with Gasteiger partial charge in [-0.2, -0.15) is 0 Å². The van der Waals surface area contributed by atoms with Crippen LogP contribution in [0.5, 0.6) is 0 Å². The van der Waals surface area contributed by atoms with Gasteiger partial charge in [-0.3, -0.25) is 0 Å². The Morgan fingerprint density at radius 1 is 1.47 bits per heavy atom. The van der Waals surface area contributed by atoms with Crippen LogP contribution < -0.4 is 5.32 Å². The minimum absolute atomic E-state index is 0.0516. The number of likely N-dealkylation sites (N-methyl/N-ethyl adjacent to an activating group) is 1. The molecule has 1 aromatic carbocycles. The number of rotatable bonds is 3. The second kappa shape index (κ2) is 4.53. The third-order valence-corrected chi connectivity index (χ3v) is 2.82. The van der Waals surface area contributed by atoms with Crippen molar-refractivity contribution in [1.29, 1.82) is 0 Å². The number of nitrogens with one attached hydrogen (secondary N) is 1. The molecule has 1 aliphatic heterocycles. The summed E-state index contributed by atoms with van der Waals surface area (Å²) in [4.78, 5) is 0. The molecule has 0 saturated carbocycles. The summed E-state index contributed by atoms with van der Waals surface area (Å²) in [6.45, 7) is -1.08. The largest absolute Gasteiger partial charge is 0.344 e. The van der Waals surface area contributed by atoms with Crippen molar-refractivity contribution in [3.63, 3.8) is 0 Å². The van der Waals surface area contributed by atoms with Gasteiger partial charge in [0.05, 0.1) is 5.48 Å². The molecule has 0 bridgehead atoms. The molecule has 2 heterocycles. The maximum atomic E-state index is 8.43. The molecule has 17 heavy (non-hydrogen) atoms. The maximum absolute atomic E-state index is 8.43. The molecule has 1 N–H and O–H groups in total. The highest BCUT2D eigenvalue weighted by atomic mass is 15.0. The third kappa shape index (κ3) is 1.77. The number of hydrogen-bond donors (Lipinski definition) is 1. The van der Waals surface area contributed by atoms with Gasteiger partial charge >= 0.3 is 0 Å². The van der Waals surface area contributed by atoms with E-state index in [-0.39, 0.29) is 40.8 Å². The van der Waals surface area contributed by atoms with Crippen molar-refractivity contribution < 1.29 is 12.3 Å². The lowest BCUT2D eigenvalue weighted by atomic mass is 10.0. The number of nitrogens with zero attached hydrogens (tertiary/aromatic N) is 1. The van der Waals surface area contributed by atoms with E-state index in [0.717, 1.165) is 0 Å². The van der Waals surface area contributed by atoms with Crippen LogP contribution in [0, 0.1) is 0 Å². The van der Waals surface area contributed by atoms with E-state index >= 15 is 0 Å². The van der Waals surface area contributed by atoms with Gasteiger partial charge in [0, 0.05) is 30.0 Å². The van der Waals surface area contributed by atoms with Crippen LogP contribution in [0.25, 0.3) is 10.9 Å². The van der Waals surface area contributed by atoms with Gasteiger partial charge in [-0.1, -0.05) is 18.1 Å². The first kappa shape index (κ1) is 4.77. The molecule has 1 aromatic heterocycles. The van der Waals surface area contributed by atoms with Crippen molar-refractivity contribution >= 4 is 10.9 Å². The Balaban J connectivity index is 2.53. The number of hydrogen-bond acceptors (Lipinski definition) is 1. The summed E-state index contributed by atoms with van der Waals surface area (Å²) in [5.74, 6) is 0. The first-order valence-electron chi connectivity index (χ1n) is 10.4. The van der Waals surface area contributed by atoms with Crippen LogP contribution in [0.15, 0.2) is 24.2 Å². The molecule has 0 spiro atoms. The Morgan fingerprint density at radius 3 is 3.24 bits per heavy atom. The molecular weight excluding hydrogens is 208 g/mol. The molecule has 5 unspecified atom stereocenters. The fourth-order valence-electron chi connectivity index (χ4n) is 2.08. The summed E-state index contributed by atoms with van der Waals surface area (Å²) in [6.07, 6.45) is -4.54. The molecule has 1 aliphatic rings. The van der Waals surface area contributed by atoms with Crippen molar-refractivity contribution in [2.24, 2.45) is 0 Å². The van der Waals surface area contributed by atoms with Crippen LogP contribution in [0.1, 0.15) is 36.4 Å². The summed E-state index contributed by atoms with van der Waals surface area (Å²) >= 11 is 0. The molecule has 2 nitrogen and oxygen atoms in total. The summed E-state index contributed by atoms with van der Waals surface area (Å²) < 4.78 is 75.0. The van der Waals surface area contributed by atoms with Gasteiger partial charge in [0.1, 0.15) is 0 Å². The van der Waals surface area contributed by atoms with E-state index in [4.69, 9.17) is 12.3 Å². The Hall–Kier alpha value is -1.28. The number of aryl methyl sites for hydroxylation is 1. The molecular formula is C15H20N2. The Morgan fingerprint density at radius 2 is 2.35 bits per heavy atom. The molecule has 0 aliphatic carbocycles. The standard InChI is InChI=1S/C15H20N2/c1-16-10-9-13-12-6-2-3-7-14(12)17-11-5-4-8-15(13)17/h2-3,6-7,16H,4-5,8-11H2,1H3/i2D,3D,4D,5D,6D,7D,8D,9D,11D. The zero-order valence-corrected chi connectivity index (χ0v) is 9.54. The summed E-state index contributed by atoms with van der Waals surface area (Å²) in [5, 5.41) is 2.97. The molecule has 0 fully saturated rings.